The number of rotatable bonds is 5. The third-order valence-electron chi connectivity index (χ3n) is 5.10. The third kappa shape index (κ3) is 3.77. The van der Waals surface area contributed by atoms with Crippen molar-refractivity contribution in [3.05, 3.63) is 90.2 Å². The molecule has 0 bridgehead atoms. The van der Waals surface area contributed by atoms with Gasteiger partial charge in [0.05, 0.1) is 22.1 Å². The highest BCUT2D eigenvalue weighted by Crippen LogP contribution is 2.34. The molecule has 156 valence electrons. The quantitative estimate of drug-likeness (QED) is 0.474. The Bertz CT molecular complexity index is 1390. The molecule has 1 aliphatic rings. The minimum Gasteiger partial charge on any atom is -0.491 e. The van der Waals surface area contributed by atoms with Gasteiger partial charge in [-0.15, -0.1) is 0 Å². The van der Waals surface area contributed by atoms with Gasteiger partial charge >= 0.3 is 0 Å². The number of sulfonamides is 1. The van der Waals surface area contributed by atoms with Crippen LogP contribution < -0.4 is 14.8 Å². The Balaban J connectivity index is 1.43. The van der Waals surface area contributed by atoms with E-state index >= 15 is 0 Å². The second-order valence-electron chi connectivity index (χ2n) is 7.18. The number of ether oxygens (including phenoxy) is 1. The maximum atomic E-state index is 13.5. The fourth-order valence-electron chi connectivity index (χ4n) is 3.62. The predicted molar refractivity (Wildman–Crippen MR) is 117 cm³/mol. The molecule has 0 aliphatic carbocycles. The maximum Gasteiger partial charge on any atom is 0.262 e. The predicted octanol–water partition coefficient (Wildman–Crippen LogP) is 4.72. The van der Waals surface area contributed by atoms with Crippen molar-refractivity contribution < 1.29 is 17.5 Å². The van der Waals surface area contributed by atoms with Crippen molar-refractivity contribution in [1.82, 2.24) is 4.98 Å². The fraction of sp³-hybridized carbons (Fsp3) is 0.0870. The highest BCUT2D eigenvalue weighted by Gasteiger charge is 2.24. The maximum absolute atomic E-state index is 13.5. The number of pyridine rings is 1. The number of benzene rings is 3. The molecule has 5 rings (SSSR count). The summed E-state index contributed by atoms with van der Waals surface area (Å²) in [5.41, 5.74) is 2.06. The minimum absolute atomic E-state index is 0.0178. The molecule has 1 aliphatic heterocycles. The topological polar surface area (TPSA) is 80.3 Å². The Morgan fingerprint density at radius 3 is 2.68 bits per heavy atom. The van der Waals surface area contributed by atoms with Gasteiger partial charge in [0.2, 0.25) is 0 Å². The first-order valence-corrected chi connectivity index (χ1v) is 11.1. The minimum atomic E-state index is -3.94. The van der Waals surface area contributed by atoms with E-state index in [1.54, 1.807) is 30.3 Å². The van der Waals surface area contributed by atoms with E-state index in [9.17, 15) is 12.8 Å². The van der Waals surface area contributed by atoms with Crippen LogP contribution in [0.4, 0.5) is 15.9 Å². The van der Waals surface area contributed by atoms with Gasteiger partial charge in [0.25, 0.3) is 10.0 Å². The molecule has 8 heteroatoms. The van der Waals surface area contributed by atoms with Crippen molar-refractivity contribution in [2.24, 2.45) is 0 Å². The smallest absolute Gasteiger partial charge is 0.262 e. The number of nitrogens with zero attached hydrogens (tertiary/aromatic N) is 1. The van der Waals surface area contributed by atoms with Gasteiger partial charge in [-0.25, -0.2) is 17.8 Å². The van der Waals surface area contributed by atoms with Gasteiger partial charge < -0.3 is 10.1 Å². The molecule has 0 radical (unpaired) electrons. The fourth-order valence-corrected chi connectivity index (χ4v) is 4.73. The average molecular weight is 435 g/mol. The molecule has 0 spiro atoms. The van der Waals surface area contributed by atoms with Gasteiger partial charge in [-0.3, -0.25) is 4.72 Å². The number of nitrogens with one attached hydrogen (secondary N) is 2. The van der Waals surface area contributed by atoms with Crippen LogP contribution in [0.5, 0.6) is 5.75 Å². The molecule has 3 aromatic carbocycles. The number of fused-ring (bicyclic) bond motifs is 2. The molecule has 2 heterocycles. The summed E-state index contributed by atoms with van der Waals surface area (Å²) in [4.78, 5) is 4.48. The normalized spacial score (nSPS) is 15.3. The first kappa shape index (κ1) is 19.3. The van der Waals surface area contributed by atoms with Crippen LogP contribution in [0.15, 0.2) is 83.8 Å². The zero-order chi connectivity index (χ0) is 21.4. The summed E-state index contributed by atoms with van der Waals surface area (Å²) in [5, 5.41) is 4.01. The molecule has 31 heavy (non-hydrogen) atoms. The molecule has 0 saturated carbocycles. The third-order valence-corrected chi connectivity index (χ3v) is 6.47. The van der Waals surface area contributed by atoms with Gasteiger partial charge in [-0.2, -0.15) is 0 Å². The molecule has 6 nitrogen and oxygen atoms in total. The summed E-state index contributed by atoms with van der Waals surface area (Å²) < 4.78 is 47.1. The molecule has 4 aromatic rings. The van der Waals surface area contributed by atoms with Gasteiger partial charge in [0, 0.05) is 10.9 Å². The average Bonchev–Trinajstić information content (AvgIpc) is 3.16. The van der Waals surface area contributed by atoms with Crippen LogP contribution in [-0.4, -0.2) is 20.0 Å². The van der Waals surface area contributed by atoms with Crippen molar-refractivity contribution in [3.63, 3.8) is 0 Å². The van der Waals surface area contributed by atoms with Gasteiger partial charge in [0.15, 0.2) is 0 Å². The summed E-state index contributed by atoms with van der Waals surface area (Å²) in [7, 11) is -3.94. The highest BCUT2D eigenvalue weighted by atomic mass is 32.2. The van der Waals surface area contributed by atoms with Crippen molar-refractivity contribution in [2.75, 3.05) is 16.6 Å². The number of hydrogen-bond donors (Lipinski definition) is 2. The second-order valence-corrected chi connectivity index (χ2v) is 8.86. The Morgan fingerprint density at radius 1 is 0.968 bits per heavy atom. The summed E-state index contributed by atoms with van der Waals surface area (Å²) in [6.45, 7) is 0.506. The van der Waals surface area contributed by atoms with E-state index in [0.717, 1.165) is 17.4 Å². The molecule has 1 aromatic heterocycles. The second kappa shape index (κ2) is 7.55. The standard InChI is InChI=1S/C23H18FN3O3S/c24-15-5-3-6-16(13-15)31(28,29)27-20-9-4-8-19-17(20)11-12-23(25-19)26-21-14-30-22-10-2-1-7-18(21)22/h1-13,21,27H,14H2,(H,25,26). The number of hydrogen-bond acceptors (Lipinski definition) is 5. The molecule has 0 amide bonds. The van der Waals surface area contributed by atoms with Gasteiger partial charge in [0.1, 0.15) is 24.0 Å². The molecular formula is C23H18FN3O3S. The SMILES string of the molecule is O=S(=O)(Nc1cccc2nc(NC3COc4ccccc43)ccc12)c1cccc(F)c1. The first-order chi connectivity index (χ1) is 15.0. The lowest BCUT2D eigenvalue weighted by Crippen LogP contribution is -2.14. The molecular weight excluding hydrogens is 417 g/mol. The van der Waals surface area contributed by atoms with Crippen molar-refractivity contribution in [1.29, 1.82) is 0 Å². The summed E-state index contributed by atoms with van der Waals surface area (Å²) in [5.74, 6) is 0.897. The zero-order valence-electron chi connectivity index (χ0n) is 16.2. The first-order valence-electron chi connectivity index (χ1n) is 9.66. The van der Waals surface area contributed by atoms with Crippen LogP contribution in [0.25, 0.3) is 10.9 Å². The molecule has 1 unspecified atom stereocenters. The Labute approximate surface area is 178 Å². The summed E-state index contributed by atoms with van der Waals surface area (Å²) in [6, 6.07) is 21.5. The van der Waals surface area contributed by atoms with Crippen LogP contribution >= 0.6 is 0 Å². The van der Waals surface area contributed by atoms with Crippen molar-refractivity contribution in [2.45, 2.75) is 10.9 Å². The van der Waals surface area contributed by atoms with Crippen LogP contribution in [-0.2, 0) is 10.0 Å². The number of aromatic nitrogens is 1. The molecule has 2 N–H and O–H groups in total. The van der Waals surface area contributed by atoms with E-state index in [-0.39, 0.29) is 10.9 Å². The highest BCUT2D eigenvalue weighted by molar-refractivity contribution is 7.92. The van der Waals surface area contributed by atoms with Crippen molar-refractivity contribution in [3.8, 4) is 5.75 Å². The number of para-hydroxylation sites is 1. The van der Waals surface area contributed by atoms with Crippen LogP contribution in [0.3, 0.4) is 0 Å². The number of halogens is 1. The molecule has 0 saturated heterocycles. The van der Waals surface area contributed by atoms with Crippen molar-refractivity contribution >= 4 is 32.4 Å². The lowest BCUT2D eigenvalue weighted by Gasteiger charge is -2.14. The van der Waals surface area contributed by atoms with E-state index < -0.39 is 15.8 Å². The van der Waals surface area contributed by atoms with E-state index in [0.29, 0.717) is 29.0 Å². The zero-order valence-corrected chi connectivity index (χ0v) is 17.1. The Hall–Kier alpha value is -3.65. The monoisotopic (exact) mass is 435 g/mol. The summed E-state index contributed by atoms with van der Waals surface area (Å²) >= 11 is 0. The van der Waals surface area contributed by atoms with E-state index in [1.807, 2.05) is 24.3 Å². The lowest BCUT2D eigenvalue weighted by atomic mass is 10.1. The Morgan fingerprint density at radius 2 is 1.81 bits per heavy atom. The van der Waals surface area contributed by atoms with E-state index in [4.69, 9.17) is 4.74 Å². The van der Waals surface area contributed by atoms with Gasteiger partial charge in [-0.05, 0) is 48.5 Å². The molecule has 0 fully saturated rings. The van der Waals surface area contributed by atoms with Crippen LogP contribution in [0.2, 0.25) is 0 Å². The number of anilines is 2. The lowest BCUT2D eigenvalue weighted by molar-refractivity contribution is 0.339. The van der Waals surface area contributed by atoms with Crippen LogP contribution in [0.1, 0.15) is 11.6 Å². The summed E-state index contributed by atoms with van der Waals surface area (Å²) in [6.07, 6.45) is 0. The Kier molecular flexibility index (Phi) is 4.71. The largest absolute Gasteiger partial charge is 0.491 e. The van der Waals surface area contributed by atoms with E-state index in [1.165, 1.54) is 18.2 Å². The van der Waals surface area contributed by atoms with Crippen LogP contribution in [0, 0.1) is 5.82 Å². The van der Waals surface area contributed by atoms with E-state index in [2.05, 4.69) is 15.0 Å². The van der Waals surface area contributed by atoms with Gasteiger partial charge in [-0.1, -0.05) is 30.3 Å². The molecule has 1 atom stereocenters.